The van der Waals surface area contributed by atoms with Crippen molar-refractivity contribution in [2.45, 2.75) is 31.2 Å². The van der Waals surface area contributed by atoms with Crippen molar-refractivity contribution in [3.63, 3.8) is 0 Å². The molecule has 10 nitrogen and oxygen atoms in total. The lowest BCUT2D eigenvalue weighted by Gasteiger charge is -2.38. The first-order valence-corrected chi connectivity index (χ1v) is 11.1. The first kappa shape index (κ1) is 24.2. The first-order chi connectivity index (χ1) is 15.0. The number of anilines is 1. The Bertz CT molecular complexity index is 1060. The minimum Gasteiger partial charge on any atom is -0.493 e. The van der Waals surface area contributed by atoms with Gasteiger partial charge in [0, 0.05) is 30.6 Å². The van der Waals surface area contributed by atoms with Crippen LogP contribution in [-0.2, 0) is 10.2 Å². The average molecular weight is 479 g/mol. The quantitative estimate of drug-likeness (QED) is 0.603. The first-order valence-electron chi connectivity index (χ1n) is 9.62. The summed E-state index contributed by atoms with van der Waals surface area (Å²) in [6, 6.07) is 2.65. The fraction of sp³-hybridized carbons (Fsp3) is 0.556. The summed E-state index contributed by atoms with van der Waals surface area (Å²) in [4.78, 5) is 1.93. The zero-order valence-corrected chi connectivity index (χ0v) is 18.2. The van der Waals surface area contributed by atoms with Crippen LogP contribution in [-0.4, -0.2) is 80.2 Å². The van der Waals surface area contributed by atoms with Gasteiger partial charge in [0.05, 0.1) is 38.2 Å². The van der Waals surface area contributed by atoms with Gasteiger partial charge in [-0.25, -0.2) is 5.14 Å². The number of fused-ring (bicyclic) bond motifs is 1. The molecule has 0 amide bonds. The molecule has 1 aromatic carbocycles. The van der Waals surface area contributed by atoms with Crippen molar-refractivity contribution < 1.29 is 36.2 Å². The molecule has 1 atom stereocenters. The lowest BCUT2D eigenvalue weighted by atomic mass is 10.0. The second kappa shape index (κ2) is 9.21. The van der Waals surface area contributed by atoms with Crippen LogP contribution < -0.4 is 19.5 Å². The number of nitrogens with zero attached hydrogens (tertiary/aromatic N) is 4. The molecule has 1 aromatic heterocycles. The molecule has 1 fully saturated rings. The number of rotatable bonds is 7. The van der Waals surface area contributed by atoms with Gasteiger partial charge in [0.2, 0.25) is 0 Å². The Morgan fingerprint density at radius 2 is 1.84 bits per heavy atom. The third-order valence-corrected chi connectivity index (χ3v) is 6.49. The van der Waals surface area contributed by atoms with Gasteiger partial charge in [0.15, 0.2) is 17.6 Å². The van der Waals surface area contributed by atoms with Crippen LogP contribution in [0.3, 0.4) is 0 Å². The van der Waals surface area contributed by atoms with Gasteiger partial charge in [-0.05, 0) is 18.9 Å². The zero-order chi connectivity index (χ0) is 23.7. The molecular weight excluding hydrogens is 455 g/mol. The van der Waals surface area contributed by atoms with Crippen LogP contribution in [0.4, 0.5) is 18.9 Å². The highest BCUT2D eigenvalue weighted by atomic mass is 32.2. The maximum absolute atomic E-state index is 12.8. The molecule has 2 heterocycles. The van der Waals surface area contributed by atoms with Gasteiger partial charge in [-0.15, -0.1) is 0 Å². The molecular formula is C18H24F3N5O5S. The summed E-state index contributed by atoms with van der Waals surface area (Å²) in [5.41, 5.74) is 1.27. The van der Waals surface area contributed by atoms with Crippen LogP contribution in [0, 0.1) is 0 Å². The molecule has 3 N–H and O–H groups in total. The van der Waals surface area contributed by atoms with Crippen molar-refractivity contribution in [3.05, 3.63) is 18.3 Å². The highest BCUT2D eigenvalue weighted by Crippen LogP contribution is 2.36. The summed E-state index contributed by atoms with van der Waals surface area (Å²) in [5.74, 6) is 0.975. The molecule has 1 aliphatic rings. The summed E-state index contributed by atoms with van der Waals surface area (Å²) in [7, 11) is -1.45. The van der Waals surface area contributed by atoms with Crippen molar-refractivity contribution in [1.82, 2.24) is 14.5 Å². The van der Waals surface area contributed by atoms with E-state index in [0.29, 0.717) is 40.1 Å². The van der Waals surface area contributed by atoms with Crippen molar-refractivity contribution in [1.29, 1.82) is 0 Å². The molecule has 3 rings (SSSR count). The van der Waals surface area contributed by atoms with Gasteiger partial charge in [-0.1, -0.05) is 0 Å². The predicted octanol–water partition coefficient (Wildman–Crippen LogP) is 1.04. The molecule has 2 aromatic rings. The number of methoxy groups -OCH3 is 2. The predicted molar refractivity (Wildman–Crippen MR) is 110 cm³/mol. The Kier molecular flexibility index (Phi) is 6.97. The standard InChI is InChI=1S/C18H24F3N5O5S/c1-30-15-7-12-13(8-16(15)31-2)24-23-9-14(12)25-5-3-11(4-6-25)26(32(22,28)29)10-17(27)18(19,20)21/h7-9,11,17,27H,3-6,10H2,1-2H3,(H2,22,28,29). The number of piperidine rings is 1. The third kappa shape index (κ3) is 5.14. The van der Waals surface area contributed by atoms with Crippen LogP contribution in [0.5, 0.6) is 11.5 Å². The number of alkyl halides is 3. The number of benzene rings is 1. The second-order valence-electron chi connectivity index (χ2n) is 7.34. The minimum atomic E-state index is -4.95. The Morgan fingerprint density at radius 1 is 1.25 bits per heavy atom. The topological polar surface area (TPSA) is 131 Å². The second-order valence-corrected chi connectivity index (χ2v) is 8.84. The molecule has 1 saturated heterocycles. The van der Waals surface area contributed by atoms with E-state index >= 15 is 0 Å². The average Bonchev–Trinajstić information content (AvgIpc) is 2.74. The lowest BCUT2D eigenvalue weighted by Crippen LogP contribution is -2.53. The fourth-order valence-electron chi connectivity index (χ4n) is 3.75. The van der Waals surface area contributed by atoms with Gasteiger partial charge >= 0.3 is 6.18 Å². The van der Waals surface area contributed by atoms with Gasteiger partial charge < -0.3 is 19.5 Å². The normalized spacial score (nSPS) is 17.1. The maximum Gasteiger partial charge on any atom is 0.415 e. The van der Waals surface area contributed by atoms with Crippen molar-refractivity contribution >= 4 is 26.8 Å². The Morgan fingerprint density at radius 3 is 2.38 bits per heavy atom. The summed E-state index contributed by atoms with van der Waals surface area (Å²) in [6.45, 7) is -0.494. The van der Waals surface area contributed by atoms with E-state index in [1.54, 1.807) is 18.3 Å². The number of hydrogen-bond donors (Lipinski definition) is 2. The van der Waals surface area contributed by atoms with E-state index in [9.17, 15) is 26.7 Å². The van der Waals surface area contributed by atoms with E-state index < -0.39 is 35.1 Å². The van der Waals surface area contributed by atoms with Crippen LogP contribution >= 0.6 is 0 Å². The van der Waals surface area contributed by atoms with Gasteiger partial charge in [0.1, 0.15) is 0 Å². The molecule has 14 heteroatoms. The SMILES string of the molecule is COc1cc2nncc(N3CCC(N(CC(O)C(F)(F)F)S(N)(=O)=O)CC3)c2cc1OC. The molecule has 178 valence electrons. The molecule has 32 heavy (non-hydrogen) atoms. The van der Waals surface area contributed by atoms with Crippen molar-refractivity contribution in [3.8, 4) is 11.5 Å². The van der Waals surface area contributed by atoms with E-state index in [2.05, 4.69) is 10.2 Å². The minimum absolute atomic E-state index is 0.206. The molecule has 0 bridgehead atoms. The molecule has 1 aliphatic heterocycles. The molecule has 0 spiro atoms. The number of nitrogens with two attached hydrogens (primary N) is 1. The Balaban J connectivity index is 1.82. The van der Waals surface area contributed by atoms with Crippen LogP contribution in [0.1, 0.15) is 12.8 Å². The Labute approximate surface area is 182 Å². The maximum atomic E-state index is 12.8. The summed E-state index contributed by atoms with van der Waals surface area (Å²) in [6.07, 6.45) is -5.81. The highest BCUT2D eigenvalue weighted by molar-refractivity contribution is 7.86. The monoisotopic (exact) mass is 479 g/mol. The van der Waals surface area contributed by atoms with E-state index in [1.165, 1.54) is 14.2 Å². The van der Waals surface area contributed by atoms with Crippen LogP contribution in [0.25, 0.3) is 10.9 Å². The van der Waals surface area contributed by atoms with E-state index in [4.69, 9.17) is 14.6 Å². The fourth-order valence-corrected chi connectivity index (χ4v) is 4.73. The van der Waals surface area contributed by atoms with Crippen molar-refractivity contribution in [2.75, 3.05) is 38.8 Å². The highest BCUT2D eigenvalue weighted by Gasteiger charge is 2.43. The number of ether oxygens (including phenoxy) is 2. The molecule has 0 aliphatic carbocycles. The molecule has 0 radical (unpaired) electrons. The molecule has 1 unspecified atom stereocenters. The number of aromatic nitrogens is 2. The summed E-state index contributed by atoms with van der Waals surface area (Å²) < 4.78 is 73.3. The number of halogens is 3. The van der Waals surface area contributed by atoms with Gasteiger partial charge in [-0.2, -0.15) is 36.1 Å². The van der Waals surface area contributed by atoms with Gasteiger partial charge in [-0.3, -0.25) is 0 Å². The lowest BCUT2D eigenvalue weighted by molar-refractivity contribution is -0.206. The van der Waals surface area contributed by atoms with Gasteiger partial charge in [0.25, 0.3) is 10.2 Å². The van der Waals surface area contributed by atoms with E-state index in [1.807, 2.05) is 4.90 Å². The van der Waals surface area contributed by atoms with Crippen LogP contribution in [0.15, 0.2) is 18.3 Å². The zero-order valence-electron chi connectivity index (χ0n) is 17.4. The van der Waals surface area contributed by atoms with Crippen LogP contribution in [0.2, 0.25) is 0 Å². The summed E-state index contributed by atoms with van der Waals surface area (Å²) in [5, 5.41) is 23.3. The Hall–Kier alpha value is -2.42. The van der Waals surface area contributed by atoms with Crippen molar-refractivity contribution in [2.24, 2.45) is 5.14 Å². The van der Waals surface area contributed by atoms with E-state index in [-0.39, 0.29) is 12.8 Å². The number of aliphatic hydroxyl groups excluding tert-OH is 1. The number of hydrogen-bond acceptors (Lipinski definition) is 8. The largest absolute Gasteiger partial charge is 0.493 e. The smallest absolute Gasteiger partial charge is 0.415 e. The number of aliphatic hydroxyl groups is 1. The molecule has 0 saturated carbocycles. The third-order valence-electron chi connectivity index (χ3n) is 5.39. The van der Waals surface area contributed by atoms with E-state index in [0.717, 1.165) is 5.39 Å². The summed E-state index contributed by atoms with van der Waals surface area (Å²) >= 11 is 0.